The quantitative estimate of drug-likeness (QED) is 0.750. The van der Waals surface area contributed by atoms with E-state index in [-0.39, 0.29) is 5.91 Å². The van der Waals surface area contributed by atoms with E-state index in [2.05, 4.69) is 15.0 Å². The number of aryl methyl sites for hydroxylation is 1. The fourth-order valence-corrected chi connectivity index (χ4v) is 2.80. The predicted octanol–water partition coefficient (Wildman–Crippen LogP) is 3.24. The molecule has 22 heavy (non-hydrogen) atoms. The Labute approximate surface area is 129 Å². The Kier molecular flexibility index (Phi) is 3.64. The molecule has 2 heterocycles. The molecule has 1 N–H and O–H groups in total. The van der Waals surface area contributed by atoms with Crippen LogP contribution in [-0.4, -0.2) is 24.0 Å². The molecule has 0 radical (unpaired) electrons. The van der Waals surface area contributed by atoms with Gasteiger partial charge in [0, 0.05) is 12.6 Å². The molecule has 0 aliphatic heterocycles. The SMILES string of the molecule is COC(=O)c1ccc(C(=O)Nc2ccc3oc(C)nc3c2)s1. The van der Waals surface area contributed by atoms with Crippen molar-refractivity contribution in [1.82, 2.24) is 4.98 Å². The second kappa shape index (κ2) is 5.61. The van der Waals surface area contributed by atoms with Crippen molar-refractivity contribution < 1.29 is 18.7 Å². The maximum absolute atomic E-state index is 12.2. The fourth-order valence-electron chi connectivity index (χ4n) is 1.98. The molecule has 112 valence electrons. The van der Waals surface area contributed by atoms with Gasteiger partial charge in [-0.15, -0.1) is 11.3 Å². The number of amides is 1. The highest BCUT2D eigenvalue weighted by Crippen LogP contribution is 2.22. The molecule has 0 unspecified atom stereocenters. The third kappa shape index (κ3) is 2.71. The fraction of sp³-hybridized carbons (Fsp3) is 0.133. The number of carbonyl (C=O) groups is 2. The number of methoxy groups -OCH3 is 1. The number of hydrogen-bond acceptors (Lipinski definition) is 6. The lowest BCUT2D eigenvalue weighted by Crippen LogP contribution is -2.09. The Morgan fingerprint density at radius 1 is 1.23 bits per heavy atom. The lowest BCUT2D eigenvalue weighted by Gasteiger charge is -2.02. The van der Waals surface area contributed by atoms with Gasteiger partial charge >= 0.3 is 5.97 Å². The van der Waals surface area contributed by atoms with Gasteiger partial charge in [0.1, 0.15) is 10.4 Å². The Hall–Kier alpha value is -2.67. The van der Waals surface area contributed by atoms with Crippen molar-refractivity contribution in [2.24, 2.45) is 0 Å². The summed E-state index contributed by atoms with van der Waals surface area (Å²) in [5.41, 5.74) is 1.95. The zero-order chi connectivity index (χ0) is 15.7. The molecule has 2 aromatic heterocycles. The summed E-state index contributed by atoms with van der Waals surface area (Å²) in [5.74, 6) is -0.178. The molecule has 0 spiro atoms. The first kappa shape index (κ1) is 14.3. The number of nitrogens with zero attached hydrogens (tertiary/aromatic N) is 1. The average molecular weight is 316 g/mol. The second-order valence-electron chi connectivity index (χ2n) is 4.52. The van der Waals surface area contributed by atoms with E-state index in [1.807, 2.05) is 0 Å². The summed E-state index contributed by atoms with van der Waals surface area (Å²) in [4.78, 5) is 28.6. The number of fused-ring (bicyclic) bond motifs is 1. The van der Waals surface area contributed by atoms with Gasteiger partial charge in [0.25, 0.3) is 5.91 Å². The highest BCUT2D eigenvalue weighted by molar-refractivity contribution is 7.16. The Balaban J connectivity index is 1.80. The molecule has 0 fully saturated rings. The number of aromatic nitrogens is 1. The van der Waals surface area contributed by atoms with Crippen molar-refractivity contribution in [1.29, 1.82) is 0 Å². The topological polar surface area (TPSA) is 81.4 Å². The van der Waals surface area contributed by atoms with Crippen molar-refractivity contribution in [2.75, 3.05) is 12.4 Å². The number of benzene rings is 1. The first-order valence-corrected chi connectivity index (χ1v) is 7.25. The Morgan fingerprint density at radius 2 is 2.00 bits per heavy atom. The van der Waals surface area contributed by atoms with Crippen molar-refractivity contribution in [3.63, 3.8) is 0 Å². The molecule has 0 saturated heterocycles. The third-order valence-electron chi connectivity index (χ3n) is 2.97. The number of ether oxygens (including phenoxy) is 1. The number of oxazole rings is 1. The number of nitrogens with one attached hydrogen (secondary N) is 1. The van der Waals surface area contributed by atoms with Gasteiger partial charge in [0.15, 0.2) is 11.5 Å². The van der Waals surface area contributed by atoms with Gasteiger partial charge in [-0.1, -0.05) is 0 Å². The van der Waals surface area contributed by atoms with Crippen molar-refractivity contribution in [3.8, 4) is 0 Å². The largest absolute Gasteiger partial charge is 0.465 e. The van der Waals surface area contributed by atoms with Crippen molar-refractivity contribution >= 4 is 40.0 Å². The third-order valence-corrected chi connectivity index (χ3v) is 4.03. The van der Waals surface area contributed by atoms with Crippen LogP contribution in [0.25, 0.3) is 11.1 Å². The van der Waals surface area contributed by atoms with Crippen LogP contribution in [0.2, 0.25) is 0 Å². The number of rotatable bonds is 3. The second-order valence-corrected chi connectivity index (χ2v) is 5.61. The van der Waals surface area contributed by atoms with E-state index in [4.69, 9.17) is 4.42 Å². The van der Waals surface area contributed by atoms with Gasteiger partial charge < -0.3 is 14.5 Å². The molecule has 7 heteroatoms. The molecule has 0 aliphatic rings. The van der Waals surface area contributed by atoms with Crippen LogP contribution >= 0.6 is 11.3 Å². The number of carbonyl (C=O) groups excluding carboxylic acids is 2. The molecular formula is C15H12N2O4S. The van der Waals surface area contributed by atoms with Crippen LogP contribution in [0, 0.1) is 6.92 Å². The normalized spacial score (nSPS) is 10.6. The van der Waals surface area contributed by atoms with Crippen LogP contribution in [0.1, 0.15) is 25.2 Å². The summed E-state index contributed by atoms with van der Waals surface area (Å²) >= 11 is 1.08. The highest BCUT2D eigenvalue weighted by Gasteiger charge is 2.14. The molecule has 0 atom stereocenters. The summed E-state index contributed by atoms with van der Waals surface area (Å²) in [6.45, 7) is 1.76. The number of hydrogen-bond donors (Lipinski definition) is 1. The van der Waals surface area contributed by atoms with Crippen molar-refractivity contribution in [3.05, 3.63) is 46.0 Å². The molecule has 3 rings (SSSR count). The lowest BCUT2D eigenvalue weighted by atomic mass is 10.3. The van der Waals surface area contributed by atoms with Gasteiger partial charge in [-0.2, -0.15) is 0 Å². The zero-order valence-corrected chi connectivity index (χ0v) is 12.7. The van der Waals surface area contributed by atoms with Crippen LogP contribution in [0.15, 0.2) is 34.7 Å². The molecule has 0 bridgehead atoms. The number of esters is 1. The molecule has 0 aliphatic carbocycles. The van der Waals surface area contributed by atoms with E-state index in [1.54, 1.807) is 37.3 Å². The van der Waals surface area contributed by atoms with Gasteiger partial charge in [-0.05, 0) is 30.3 Å². The average Bonchev–Trinajstić information content (AvgIpc) is 3.11. The van der Waals surface area contributed by atoms with Crippen LogP contribution in [0.5, 0.6) is 0 Å². The molecule has 1 amide bonds. The smallest absolute Gasteiger partial charge is 0.348 e. The summed E-state index contributed by atoms with van der Waals surface area (Å²) in [6, 6.07) is 8.37. The molecular weight excluding hydrogens is 304 g/mol. The van der Waals surface area contributed by atoms with Gasteiger partial charge in [-0.25, -0.2) is 9.78 Å². The monoisotopic (exact) mass is 316 g/mol. The summed E-state index contributed by atoms with van der Waals surface area (Å²) in [5, 5.41) is 2.77. The minimum Gasteiger partial charge on any atom is -0.465 e. The summed E-state index contributed by atoms with van der Waals surface area (Å²) in [7, 11) is 1.30. The van der Waals surface area contributed by atoms with Crippen LogP contribution in [0.4, 0.5) is 5.69 Å². The maximum Gasteiger partial charge on any atom is 0.348 e. The van der Waals surface area contributed by atoms with Crippen LogP contribution in [0.3, 0.4) is 0 Å². The van der Waals surface area contributed by atoms with E-state index in [1.165, 1.54) is 7.11 Å². The van der Waals surface area contributed by atoms with Crippen molar-refractivity contribution in [2.45, 2.75) is 6.92 Å². The van der Waals surface area contributed by atoms with Gasteiger partial charge in [0.2, 0.25) is 0 Å². The highest BCUT2D eigenvalue weighted by atomic mass is 32.1. The van der Waals surface area contributed by atoms with E-state index in [0.717, 1.165) is 11.3 Å². The van der Waals surface area contributed by atoms with E-state index >= 15 is 0 Å². The first-order chi connectivity index (χ1) is 10.6. The van der Waals surface area contributed by atoms with Crippen LogP contribution in [-0.2, 0) is 4.74 Å². The van der Waals surface area contributed by atoms with Gasteiger partial charge in [0.05, 0.1) is 12.0 Å². The molecule has 6 nitrogen and oxygen atoms in total. The zero-order valence-electron chi connectivity index (χ0n) is 11.9. The summed E-state index contributed by atoms with van der Waals surface area (Å²) < 4.78 is 10.0. The lowest BCUT2D eigenvalue weighted by molar-refractivity contribution is 0.0606. The van der Waals surface area contributed by atoms with Crippen LogP contribution < -0.4 is 5.32 Å². The maximum atomic E-state index is 12.2. The van der Waals surface area contributed by atoms with E-state index in [9.17, 15) is 9.59 Å². The van der Waals surface area contributed by atoms with E-state index < -0.39 is 5.97 Å². The first-order valence-electron chi connectivity index (χ1n) is 6.43. The Bertz CT molecular complexity index is 865. The van der Waals surface area contributed by atoms with Gasteiger partial charge in [-0.3, -0.25) is 4.79 Å². The Morgan fingerprint density at radius 3 is 2.77 bits per heavy atom. The molecule has 3 aromatic rings. The standard InChI is InChI=1S/C15H12N2O4S/c1-8-16-10-7-9(3-4-11(10)21-8)17-14(18)12-5-6-13(22-12)15(19)20-2/h3-7H,1-2H3,(H,17,18). The predicted molar refractivity (Wildman–Crippen MR) is 82.4 cm³/mol. The molecule has 0 saturated carbocycles. The van der Waals surface area contributed by atoms with E-state index in [0.29, 0.717) is 32.4 Å². The number of thiophene rings is 1. The molecule has 1 aromatic carbocycles. The summed E-state index contributed by atoms with van der Waals surface area (Å²) in [6.07, 6.45) is 0. The minimum atomic E-state index is -0.455. The minimum absolute atomic E-state index is 0.292. The number of anilines is 1.